The highest BCUT2D eigenvalue weighted by atomic mass is 32.2. The lowest BCUT2D eigenvalue weighted by atomic mass is 9.96. The van der Waals surface area contributed by atoms with Gasteiger partial charge in [-0.25, -0.2) is 8.42 Å². The second-order valence-electron chi connectivity index (χ2n) is 13.9. The van der Waals surface area contributed by atoms with Crippen LogP contribution in [0.15, 0.2) is 132 Å². The SMILES string of the molecule is COc1ccc(-c2ccc(C(F)(F)F)cc2)c(CC(=O)O)c1.COc1ccc(-c2ccc(OC)cc2CC(=O)O)cc1.COc1ccc(-c2ccc(S(C)(=O)=O)cc2)c(CC(=O)O)c1. The standard InChI is InChI=1S/C16H13F3O3.C16H16O5S.C16H16O4/c1-22-13-6-7-14(11(8-13)9-15(20)21)10-2-4-12(5-3-10)16(17,18)19;1-21-13-5-8-15(12(9-13)10-16(17)18)11-3-6-14(7-4-11)22(2,19)20;1-19-13-5-3-11(4-6-13)15-8-7-14(20-2)9-12(15)10-16(17)18/h2-8H,9H2,1H3,(H,20,21);3-9H,10H2,1-2H3,(H,17,18);3-9H,10H2,1-2H3,(H,17,18). The van der Waals surface area contributed by atoms with Crippen molar-refractivity contribution in [2.24, 2.45) is 0 Å². The monoisotopic (exact) mass is 902 g/mol. The van der Waals surface area contributed by atoms with E-state index in [2.05, 4.69) is 0 Å². The Morgan fingerprint density at radius 3 is 1.02 bits per heavy atom. The molecule has 0 atom stereocenters. The summed E-state index contributed by atoms with van der Waals surface area (Å²) in [7, 11) is 2.89. The van der Waals surface area contributed by atoms with Crippen LogP contribution >= 0.6 is 0 Å². The molecule has 6 rings (SSSR count). The van der Waals surface area contributed by atoms with E-state index in [9.17, 15) is 36.0 Å². The molecule has 0 bridgehead atoms. The van der Waals surface area contributed by atoms with Gasteiger partial charge >= 0.3 is 24.1 Å². The van der Waals surface area contributed by atoms with Gasteiger partial charge < -0.3 is 34.3 Å². The van der Waals surface area contributed by atoms with E-state index in [1.807, 2.05) is 36.4 Å². The van der Waals surface area contributed by atoms with Crippen LogP contribution < -0.4 is 18.9 Å². The first kappa shape index (κ1) is 49.3. The lowest BCUT2D eigenvalue weighted by molar-refractivity contribution is -0.138. The molecular formula is C48H45F3O12S. The number of aliphatic carboxylic acids is 3. The van der Waals surface area contributed by atoms with Gasteiger partial charge in [0.1, 0.15) is 23.0 Å². The maximum atomic E-state index is 12.6. The average Bonchev–Trinajstić information content (AvgIpc) is 3.25. The zero-order chi connectivity index (χ0) is 47.2. The van der Waals surface area contributed by atoms with Gasteiger partial charge in [-0.3, -0.25) is 14.4 Å². The first-order chi connectivity index (χ1) is 30.3. The minimum atomic E-state index is -4.40. The summed E-state index contributed by atoms with van der Waals surface area (Å²) in [4.78, 5) is 33.2. The molecule has 64 heavy (non-hydrogen) atoms. The smallest absolute Gasteiger partial charge is 0.416 e. The molecule has 0 saturated heterocycles. The first-order valence-corrected chi connectivity index (χ1v) is 20.9. The Balaban J connectivity index is 0.000000211. The van der Waals surface area contributed by atoms with Crippen molar-refractivity contribution in [1.29, 1.82) is 0 Å². The van der Waals surface area contributed by atoms with Gasteiger partial charge in [0, 0.05) is 6.26 Å². The fraction of sp³-hybridized carbons (Fsp3) is 0.188. The van der Waals surface area contributed by atoms with Crippen molar-refractivity contribution < 1.29 is 70.2 Å². The van der Waals surface area contributed by atoms with Crippen molar-refractivity contribution in [2.75, 3.05) is 34.7 Å². The predicted molar refractivity (Wildman–Crippen MR) is 234 cm³/mol. The van der Waals surface area contributed by atoms with Crippen LogP contribution in [0.3, 0.4) is 0 Å². The van der Waals surface area contributed by atoms with Gasteiger partial charge in [0.25, 0.3) is 0 Å². The summed E-state index contributed by atoms with van der Waals surface area (Å²) in [5.74, 6) is -0.350. The molecule has 336 valence electrons. The van der Waals surface area contributed by atoms with Gasteiger partial charge in [-0.15, -0.1) is 0 Å². The number of ether oxygens (including phenoxy) is 4. The molecule has 3 N–H and O–H groups in total. The van der Waals surface area contributed by atoms with Crippen molar-refractivity contribution >= 4 is 27.7 Å². The van der Waals surface area contributed by atoms with E-state index in [0.29, 0.717) is 39.5 Å². The van der Waals surface area contributed by atoms with Crippen LogP contribution in [-0.2, 0) is 49.7 Å². The minimum Gasteiger partial charge on any atom is -0.497 e. The minimum absolute atomic E-state index is 0.0431. The number of carbonyl (C=O) groups is 3. The van der Waals surface area contributed by atoms with Gasteiger partial charge in [0.15, 0.2) is 9.84 Å². The molecule has 0 radical (unpaired) electrons. The van der Waals surface area contributed by atoms with Crippen molar-refractivity contribution in [3.63, 3.8) is 0 Å². The Hall–Kier alpha value is -7.33. The summed E-state index contributed by atoms with van der Waals surface area (Å²) in [5.41, 5.74) is 5.48. The van der Waals surface area contributed by atoms with Crippen LogP contribution in [0.2, 0.25) is 0 Å². The Morgan fingerprint density at radius 2 is 0.750 bits per heavy atom. The number of sulfone groups is 1. The fourth-order valence-corrected chi connectivity index (χ4v) is 6.99. The molecule has 16 heteroatoms. The van der Waals surface area contributed by atoms with E-state index < -0.39 is 39.5 Å². The molecule has 0 amide bonds. The maximum Gasteiger partial charge on any atom is 0.416 e. The number of benzene rings is 6. The van der Waals surface area contributed by atoms with Gasteiger partial charge in [0.2, 0.25) is 0 Å². The summed E-state index contributed by atoms with van der Waals surface area (Å²) < 4.78 is 81.1. The molecule has 0 spiro atoms. The lowest BCUT2D eigenvalue weighted by Gasteiger charge is -2.12. The third-order valence-corrected chi connectivity index (χ3v) is 10.6. The number of carboxylic acids is 3. The second-order valence-corrected chi connectivity index (χ2v) is 15.9. The number of carboxylic acid groups (broad SMARTS) is 3. The lowest BCUT2D eigenvalue weighted by Crippen LogP contribution is -2.05. The molecule has 6 aromatic rings. The van der Waals surface area contributed by atoms with Crippen LogP contribution in [0, 0.1) is 0 Å². The molecular weight excluding hydrogens is 858 g/mol. The largest absolute Gasteiger partial charge is 0.497 e. The number of rotatable bonds is 14. The zero-order valence-electron chi connectivity index (χ0n) is 35.3. The van der Waals surface area contributed by atoms with Crippen molar-refractivity contribution in [2.45, 2.75) is 30.3 Å². The van der Waals surface area contributed by atoms with Gasteiger partial charge in [0.05, 0.1) is 58.2 Å². The van der Waals surface area contributed by atoms with E-state index in [-0.39, 0.29) is 24.2 Å². The first-order valence-electron chi connectivity index (χ1n) is 19.0. The van der Waals surface area contributed by atoms with Crippen LogP contribution in [0.4, 0.5) is 13.2 Å². The zero-order valence-corrected chi connectivity index (χ0v) is 36.1. The van der Waals surface area contributed by atoms with Crippen LogP contribution in [0.25, 0.3) is 33.4 Å². The average molecular weight is 903 g/mol. The van der Waals surface area contributed by atoms with Crippen LogP contribution in [0.5, 0.6) is 23.0 Å². The molecule has 0 unspecified atom stereocenters. The molecule has 0 aliphatic rings. The van der Waals surface area contributed by atoms with Crippen LogP contribution in [-0.4, -0.2) is 76.3 Å². The Kier molecular flexibility index (Phi) is 17.1. The predicted octanol–water partition coefficient (Wildman–Crippen LogP) is 9.40. The summed E-state index contributed by atoms with van der Waals surface area (Å²) >= 11 is 0. The van der Waals surface area contributed by atoms with Crippen molar-refractivity contribution in [3.05, 3.63) is 150 Å². The molecule has 0 saturated carbocycles. The van der Waals surface area contributed by atoms with Crippen molar-refractivity contribution in [3.8, 4) is 56.4 Å². The molecule has 0 fully saturated rings. The van der Waals surface area contributed by atoms with E-state index in [1.54, 1.807) is 68.8 Å². The van der Waals surface area contributed by atoms with Crippen molar-refractivity contribution in [1.82, 2.24) is 0 Å². The number of hydrogen-bond donors (Lipinski definition) is 3. The number of halogens is 3. The molecule has 0 aliphatic carbocycles. The summed E-state index contributed by atoms with van der Waals surface area (Å²) in [6.07, 6.45) is -3.68. The Bertz CT molecular complexity index is 2660. The Labute approximate surface area is 368 Å². The summed E-state index contributed by atoms with van der Waals surface area (Å²) in [6, 6.07) is 34.0. The van der Waals surface area contributed by atoms with E-state index >= 15 is 0 Å². The number of alkyl halides is 3. The van der Waals surface area contributed by atoms with Gasteiger partial charge in [-0.05, 0) is 123 Å². The van der Waals surface area contributed by atoms with E-state index in [0.717, 1.165) is 52.0 Å². The molecule has 0 heterocycles. The third-order valence-electron chi connectivity index (χ3n) is 9.48. The highest BCUT2D eigenvalue weighted by Crippen LogP contribution is 2.34. The topological polar surface area (TPSA) is 183 Å². The second kappa shape index (κ2) is 22.2. The quantitative estimate of drug-likeness (QED) is 0.0943. The van der Waals surface area contributed by atoms with E-state index in [4.69, 9.17) is 34.3 Å². The number of methoxy groups -OCH3 is 4. The van der Waals surface area contributed by atoms with Gasteiger partial charge in [-0.1, -0.05) is 54.6 Å². The molecule has 0 aromatic heterocycles. The summed E-state index contributed by atoms with van der Waals surface area (Å²) in [6.45, 7) is 0. The normalized spacial score (nSPS) is 10.9. The highest BCUT2D eigenvalue weighted by molar-refractivity contribution is 7.90. The molecule has 0 aliphatic heterocycles. The Morgan fingerprint density at radius 1 is 0.469 bits per heavy atom. The molecule has 6 aromatic carbocycles. The van der Waals surface area contributed by atoms with Crippen LogP contribution in [0.1, 0.15) is 22.3 Å². The fourth-order valence-electron chi connectivity index (χ4n) is 6.35. The third kappa shape index (κ3) is 14.1. The van der Waals surface area contributed by atoms with E-state index in [1.165, 1.54) is 38.5 Å². The maximum absolute atomic E-state index is 12.6. The summed E-state index contributed by atoms with van der Waals surface area (Å²) in [5, 5.41) is 27.0. The number of hydrogen-bond acceptors (Lipinski definition) is 9. The molecule has 12 nitrogen and oxygen atoms in total. The van der Waals surface area contributed by atoms with Gasteiger partial charge in [-0.2, -0.15) is 13.2 Å². The highest BCUT2D eigenvalue weighted by Gasteiger charge is 2.30.